The van der Waals surface area contributed by atoms with Gasteiger partial charge in [-0.15, -0.1) is 0 Å². The number of carboxylic acid groups (broad SMARTS) is 1. The number of rotatable bonds is 3. The monoisotopic (exact) mass is 268 g/mol. The first-order chi connectivity index (χ1) is 7.10. The van der Waals surface area contributed by atoms with Crippen LogP contribution >= 0.6 is 15.9 Å². The molecule has 0 amide bonds. The topological polar surface area (TPSA) is 37.3 Å². The molecular weight excluding hydrogens is 256 g/mol. The maximum absolute atomic E-state index is 11.2. The molecule has 0 radical (unpaired) electrons. The molecule has 3 heteroatoms. The van der Waals surface area contributed by atoms with Gasteiger partial charge in [0.15, 0.2) is 0 Å². The van der Waals surface area contributed by atoms with Crippen LogP contribution in [0.15, 0.2) is 22.7 Å². The highest BCUT2D eigenvalue weighted by molar-refractivity contribution is 9.10. The standard InChI is InChI=1S/C12H13BrO2/c1-2-8-7-9(13)3-4-10(8)12(5-6-12)11(14)15/h3-4,7H,2,5-6H2,1H3,(H,14,15). The molecular formula is C12H13BrO2. The SMILES string of the molecule is CCc1cc(Br)ccc1C1(C(=O)O)CC1. The summed E-state index contributed by atoms with van der Waals surface area (Å²) in [5, 5.41) is 9.23. The molecule has 0 spiro atoms. The van der Waals surface area contributed by atoms with Crippen LogP contribution in [0.4, 0.5) is 0 Å². The van der Waals surface area contributed by atoms with Crippen LogP contribution in [-0.2, 0) is 16.6 Å². The van der Waals surface area contributed by atoms with Gasteiger partial charge < -0.3 is 5.11 Å². The number of hydrogen-bond acceptors (Lipinski definition) is 1. The third kappa shape index (κ3) is 1.69. The highest BCUT2D eigenvalue weighted by atomic mass is 79.9. The van der Waals surface area contributed by atoms with E-state index in [2.05, 4.69) is 22.9 Å². The maximum Gasteiger partial charge on any atom is 0.314 e. The first-order valence-corrected chi connectivity index (χ1v) is 5.92. The smallest absolute Gasteiger partial charge is 0.314 e. The van der Waals surface area contributed by atoms with Gasteiger partial charge in [0.2, 0.25) is 0 Å². The van der Waals surface area contributed by atoms with Crippen molar-refractivity contribution < 1.29 is 9.90 Å². The van der Waals surface area contributed by atoms with E-state index < -0.39 is 11.4 Å². The first kappa shape index (κ1) is 10.7. The zero-order chi connectivity index (χ0) is 11.1. The van der Waals surface area contributed by atoms with Gasteiger partial charge in [-0.1, -0.05) is 28.9 Å². The lowest BCUT2D eigenvalue weighted by Gasteiger charge is -2.15. The van der Waals surface area contributed by atoms with E-state index in [-0.39, 0.29) is 0 Å². The third-order valence-electron chi connectivity index (χ3n) is 3.12. The van der Waals surface area contributed by atoms with E-state index in [1.54, 1.807) is 0 Å². The highest BCUT2D eigenvalue weighted by Crippen LogP contribution is 2.50. The fourth-order valence-electron chi connectivity index (χ4n) is 2.05. The summed E-state index contributed by atoms with van der Waals surface area (Å²) in [6.07, 6.45) is 2.43. The largest absolute Gasteiger partial charge is 0.481 e. The number of hydrogen-bond donors (Lipinski definition) is 1. The number of benzene rings is 1. The van der Waals surface area contributed by atoms with Gasteiger partial charge in [0, 0.05) is 4.47 Å². The zero-order valence-electron chi connectivity index (χ0n) is 8.59. The van der Waals surface area contributed by atoms with E-state index in [0.717, 1.165) is 34.9 Å². The molecule has 1 aromatic carbocycles. The Kier molecular flexibility index (Phi) is 2.59. The minimum absolute atomic E-state index is 0.577. The van der Waals surface area contributed by atoms with Crippen LogP contribution in [0.1, 0.15) is 30.9 Å². The summed E-state index contributed by atoms with van der Waals surface area (Å²) in [5.41, 5.74) is 1.57. The average molecular weight is 269 g/mol. The van der Waals surface area contributed by atoms with Crippen LogP contribution in [0.5, 0.6) is 0 Å². The normalized spacial score (nSPS) is 17.5. The second kappa shape index (κ2) is 3.63. The van der Waals surface area contributed by atoms with Crippen LogP contribution < -0.4 is 0 Å². The summed E-state index contributed by atoms with van der Waals surface area (Å²) in [4.78, 5) is 11.2. The van der Waals surface area contributed by atoms with Crippen molar-refractivity contribution in [1.82, 2.24) is 0 Å². The number of halogens is 1. The second-order valence-corrected chi connectivity index (χ2v) is 4.96. The first-order valence-electron chi connectivity index (χ1n) is 5.12. The van der Waals surface area contributed by atoms with Crippen molar-refractivity contribution in [3.05, 3.63) is 33.8 Å². The van der Waals surface area contributed by atoms with Crippen LogP contribution in [-0.4, -0.2) is 11.1 Å². The fourth-order valence-corrected chi connectivity index (χ4v) is 2.45. The van der Waals surface area contributed by atoms with E-state index >= 15 is 0 Å². The Bertz CT molecular complexity index is 408. The molecule has 1 aliphatic rings. The van der Waals surface area contributed by atoms with Crippen LogP contribution in [0, 0.1) is 0 Å². The van der Waals surface area contributed by atoms with Gasteiger partial charge in [-0.2, -0.15) is 0 Å². The molecule has 0 unspecified atom stereocenters. The van der Waals surface area contributed by atoms with E-state index in [1.807, 2.05) is 18.2 Å². The third-order valence-corrected chi connectivity index (χ3v) is 3.62. The van der Waals surface area contributed by atoms with Gasteiger partial charge in [0.1, 0.15) is 0 Å². The molecule has 1 aliphatic carbocycles. The van der Waals surface area contributed by atoms with Crippen molar-refractivity contribution in [2.45, 2.75) is 31.6 Å². The van der Waals surface area contributed by atoms with Gasteiger partial charge in [-0.05, 0) is 42.5 Å². The molecule has 2 rings (SSSR count). The molecule has 0 saturated heterocycles. The Morgan fingerprint density at radius 1 is 1.53 bits per heavy atom. The van der Waals surface area contributed by atoms with E-state index in [1.165, 1.54) is 0 Å². The molecule has 1 N–H and O–H groups in total. The quantitative estimate of drug-likeness (QED) is 0.915. The minimum Gasteiger partial charge on any atom is -0.481 e. The van der Waals surface area contributed by atoms with Gasteiger partial charge in [-0.3, -0.25) is 4.79 Å². The lowest BCUT2D eigenvalue weighted by Crippen LogP contribution is -2.21. The lowest BCUT2D eigenvalue weighted by molar-refractivity contribution is -0.140. The van der Waals surface area contributed by atoms with Crippen molar-refractivity contribution in [1.29, 1.82) is 0 Å². The Labute approximate surface area is 97.4 Å². The molecule has 80 valence electrons. The lowest BCUT2D eigenvalue weighted by atomic mass is 9.90. The molecule has 15 heavy (non-hydrogen) atoms. The van der Waals surface area contributed by atoms with Crippen molar-refractivity contribution in [3.63, 3.8) is 0 Å². The summed E-state index contributed by atoms with van der Waals surface area (Å²) >= 11 is 3.41. The average Bonchev–Trinajstić information content (AvgIpc) is 2.98. The fraction of sp³-hybridized carbons (Fsp3) is 0.417. The van der Waals surface area contributed by atoms with Crippen molar-refractivity contribution in [2.75, 3.05) is 0 Å². The molecule has 1 fully saturated rings. The zero-order valence-corrected chi connectivity index (χ0v) is 10.2. The van der Waals surface area contributed by atoms with Crippen molar-refractivity contribution in [3.8, 4) is 0 Å². The molecule has 0 bridgehead atoms. The van der Waals surface area contributed by atoms with E-state index in [9.17, 15) is 9.90 Å². The number of aryl methyl sites for hydroxylation is 1. The Morgan fingerprint density at radius 2 is 2.20 bits per heavy atom. The molecule has 1 aromatic rings. The molecule has 0 atom stereocenters. The molecule has 2 nitrogen and oxygen atoms in total. The molecule has 1 saturated carbocycles. The van der Waals surface area contributed by atoms with Gasteiger partial charge >= 0.3 is 5.97 Å². The van der Waals surface area contributed by atoms with E-state index in [4.69, 9.17) is 0 Å². The Hall–Kier alpha value is -0.830. The summed E-state index contributed by atoms with van der Waals surface area (Å²) in [6, 6.07) is 5.90. The Morgan fingerprint density at radius 3 is 2.67 bits per heavy atom. The van der Waals surface area contributed by atoms with Gasteiger partial charge in [0.25, 0.3) is 0 Å². The Balaban J connectivity index is 2.48. The summed E-state index contributed by atoms with van der Waals surface area (Å²) in [5.74, 6) is -0.681. The van der Waals surface area contributed by atoms with Crippen molar-refractivity contribution >= 4 is 21.9 Å². The highest BCUT2D eigenvalue weighted by Gasteiger charge is 2.52. The van der Waals surface area contributed by atoms with Crippen LogP contribution in [0.2, 0.25) is 0 Å². The summed E-state index contributed by atoms with van der Waals surface area (Å²) in [6.45, 7) is 2.06. The summed E-state index contributed by atoms with van der Waals surface area (Å²) < 4.78 is 1.02. The van der Waals surface area contributed by atoms with Crippen molar-refractivity contribution in [2.24, 2.45) is 0 Å². The molecule has 0 aromatic heterocycles. The number of aliphatic carboxylic acids is 1. The van der Waals surface area contributed by atoms with Gasteiger partial charge in [0.05, 0.1) is 5.41 Å². The molecule has 0 aliphatic heterocycles. The molecule has 0 heterocycles. The number of carboxylic acids is 1. The van der Waals surface area contributed by atoms with Crippen LogP contribution in [0.25, 0.3) is 0 Å². The predicted molar refractivity (Wildman–Crippen MR) is 62.1 cm³/mol. The van der Waals surface area contributed by atoms with Crippen LogP contribution in [0.3, 0.4) is 0 Å². The van der Waals surface area contributed by atoms with Gasteiger partial charge in [-0.25, -0.2) is 0 Å². The second-order valence-electron chi connectivity index (χ2n) is 4.04. The predicted octanol–water partition coefficient (Wildman–Crippen LogP) is 3.13. The maximum atomic E-state index is 11.2. The minimum atomic E-state index is -0.681. The summed E-state index contributed by atoms with van der Waals surface area (Å²) in [7, 11) is 0. The van der Waals surface area contributed by atoms with E-state index in [0.29, 0.717) is 0 Å². The number of carbonyl (C=O) groups is 1.